The van der Waals surface area contributed by atoms with Gasteiger partial charge in [0.15, 0.2) is 5.03 Å². The number of nitrogens with two attached hydrogens (primary N) is 2. The number of aromatic nitrogens is 1. The third-order valence-corrected chi connectivity index (χ3v) is 8.46. The van der Waals surface area contributed by atoms with Gasteiger partial charge in [-0.05, 0) is 44.4 Å². The lowest BCUT2D eigenvalue weighted by atomic mass is 10.1. The van der Waals surface area contributed by atoms with Crippen LogP contribution in [0.5, 0.6) is 0 Å². The molecule has 1 unspecified atom stereocenters. The van der Waals surface area contributed by atoms with Crippen molar-refractivity contribution in [1.29, 1.82) is 0 Å². The van der Waals surface area contributed by atoms with Crippen LogP contribution in [0.2, 0.25) is 0 Å². The summed E-state index contributed by atoms with van der Waals surface area (Å²) in [6.45, 7) is 5.07. The second-order valence-corrected chi connectivity index (χ2v) is 11.4. The molecule has 180 valence electrons. The normalized spacial score (nSPS) is 13.7. The van der Waals surface area contributed by atoms with Gasteiger partial charge in [-0.2, -0.15) is 4.31 Å². The van der Waals surface area contributed by atoms with Crippen LogP contribution in [0.3, 0.4) is 0 Å². The second kappa shape index (κ2) is 12.0. The minimum Gasteiger partial charge on any atom is -0.330 e. The number of hydrogen-bond donors (Lipinski definition) is 2. The summed E-state index contributed by atoms with van der Waals surface area (Å²) in [5.41, 5.74) is 5.72. The van der Waals surface area contributed by atoms with Crippen LogP contribution < -0.4 is 10.9 Å². The molecule has 8 nitrogen and oxygen atoms in total. The Morgan fingerprint density at radius 1 is 0.938 bits per heavy atom. The van der Waals surface area contributed by atoms with E-state index in [-0.39, 0.29) is 21.3 Å². The maximum Gasteiger partial charge on any atom is 0.256 e. The van der Waals surface area contributed by atoms with Crippen LogP contribution >= 0.6 is 0 Å². The maximum atomic E-state index is 13.9. The zero-order valence-corrected chi connectivity index (χ0v) is 20.7. The summed E-state index contributed by atoms with van der Waals surface area (Å²) in [5, 5.41) is 5.50. The number of fused-ring (bicyclic) bond motifs is 1. The average Bonchev–Trinajstić information content (AvgIpc) is 2.75. The quantitative estimate of drug-likeness (QED) is 0.395. The number of primary sulfonamides is 1. The highest BCUT2D eigenvalue weighted by Crippen LogP contribution is 2.31. The van der Waals surface area contributed by atoms with Gasteiger partial charge < -0.3 is 5.73 Å². The van der Waals surface area contributed by atoms with Crippen molar-refractivity contribution in [2.24, 2.45) is 10.9 Å². The Kier molecular flexibility index (Phi) is 10.0. The number of pyridine rings is 1. The van der Waals surface area contributed by atoms with Crippen LogP contribution in [-0.4, -0.2) is 45.3 Å². The molecule has 0 saturated heterocycles. The molecule has 0 aliphatic carbocycles. The molecular formula is C22H36N4O4S2. The van der Waals surface area contributed by atoms with Crippen molar-refractivity contribution >= 4 is 30.8 Å². The van der Waals surface area contributed by atoms with E-state index in [2.05, 4.69) is 11.9 Å². The van der Waals surface area contributed by atoms with Crippen molar-refractivity contribution in [2.45, 2.75) is 81.2 Å². The van der Waals surface area contributed by atoms with Gasteiger partial charge >= 0.3 is 0 Å². The zero-order valence-electron chi connectivity index (χ0n) is 19.0. The van der Waals surface area contributed by atoms with E-state index < -0.39 is 20.0 Å². The maximum absolute atomic E-state index is 13.9. The lowest BCUT2D eigenvalue weighted by Crippen LogP contribution is -2.41. The molecule has 0 bridgehead atoms. The number of hydrogen-bond acceptors (Lipinski definition) is 6. The summed E-state index contributed by atoms with van der Waals surface area (Å²) in [5.74, 6) is 0. The van der Waals surface area contributed by atoms with Crippen molar-refractivity contribution < 1.29 is 16.8 Å². The first kappa shape index (κ1) is 26.7. The van der Waals surface area contributed by atoms with Gasteiger partial charge in [0, 0.05) is 29.6 Å². The van der Waals surface area contributed by atoms with Crippen LogP contribution in [0.25, 0.3) is 10.8 Å². The van der Waals surface area contributed by atoms with E-state index in [1.165, 1.54) is 30.5 Å². The van der Waals surface area contributed by atoms with Crippen molar-refractivity contribution in [3.05, 3.63) is 30.5 Å². The molecule has 1 atom stereocenters. The Morgan fingerprint density at radius 2 is 1.69 bits per heavy atom. The van der Waals surface area contributed by atoms with Crippen LogP contribution in [0, 0.1) is 0 Å². The molecule has 1 aromatic heterocycles. The summed E-state index contributed by atoms with van der Waals surface area (Å²) in [6, 6.07) is 5.96. The third kappa shape index (κ3) is 6.48. The molecule has 2 aromatic rings. The van der Waals surface area contributed by atoms with E-state index in [4.69, 9.17) is 10.9 Å². The highest BCUT2D eigenvalue weighted by atomic mass is 32.2. The SMILES string of the molecule is CCCCCCN(C(CCC)CCCN)S(=O)(=O)c1cccc2c(S(N)(=O)=O)nccc12. The van der Waals surface area contributed by atoms with Crippen molar-refractivity contribution in [2.75, 3.05) is 13.1 Å². The summed E-state index contributed by atoms with van der Waals surface area (Å²) in [4.78, 5) is 3.96. The predicted octanol–water partition coefficient (Wildman–Crippen LogP) is 3.36. The largest absolute Gasteiger partial charge is 0.330 e. The Morgan fingerprint density at radius 3 is 2.31 bits per heavy atom. The van der Waals surface area contributed by atoms with E-state index >= 15 is 0 Å². The molecule has 1 aromatic carbocycles. The zero-order chi connectivity index (χ0) is 23.8. The van der Waals surface area contributed by atoms with Gasteiger partial charge in [0.1, 0.15) is 0 Å². The fraction of sp³-hybridized carbons (Fsp3) is 0.591. The first-order chi connectivity index (χ1) is 15.2. The van der Waals surface area contributed by atoms with Gasteiger partial charge in [-0.3, -0.25) is 0 Å². The molecule has 32 heavy (non-hydrogen) atoms. The first-order valence-corrected chi connectivity index (χ1v) is 14.3. The number of nitrogens with zero attached hydrogens (tertiary/aromatic N) is 2. The molecule has 10 heteroatoms. The van der Waals surface area contributed by atoms with Gasteiger partial charge in [-0.15, -0.1) is 0 Å². The van der Waals surface area contributed by atoms with Gasteiger partial charge in [0.2, 0.25) is 10.0 Å². The van der Waals surface area contributed by atoms with Crippen molar-refractivity contribution in [1.82, 2.24) is 9.29 Å². The van der Waals surface area contributed by atoms with Gasteiger partial charge in [-0.1, -0.05) is 51.7 Å². The van der Waals surface area contributed by atoms with E-state index in [0.29, 0.717) is 24.9 Å². The van der Waals surface area contributed by atoms with Crippen LogP contribution in [-0.2, 0) is 20.0 Å². The van der Waals surface area contributed by atoms with Gasteiger partial charge in [0.25, 0.3) is 10.0 Å². The molecule has 0 fully saturated rings. The molecule has 2 rings (SSSR count). The van der Waals surface area contributed by atoms with Crippen molar-refractivity contribution in [3.63, 3.8) is 0 Å². The minimum atomic E-state index is -4.10. The number of rotatable bonds is 14. The Balaban J connectivity index is 2.60. The number of benzene rings is 1. The minimum absolute atomic E-state index is 0.0756. The predicted molar refractivity (Wildman–Crippen MR) is 128 cm³/mol. The molecule has 0 amide bonds. The van der Waals surface area contributed by atoms with E-state index in [1.807, 2.05) is 6.92 Å². The molecule has 0 radical (unpaired) electrons. The Hall–Kier alpha value is -1.59. The number of unbranched alkanes of at least 4 members (excludes halogenated alkanes) is 3. The summed E-state index contributed by atoms with van der Waals surface area (Å²) >= 11 is 0. The highest BCUT2D eigenvalue weighted by molar-refractivity contribution is 7.89. The smallest absolute Gasteiger partial charge is 0.256 e. The van der Waals surface area contributed by atoms with Crippen LogP contribution in [0.15, 0.2) is 40.4 Å². The third-order valence-electron chi connectivity index (χ3n) is 5.59. The lowest BCUT2D eigenvalue weighted by Gasteiger charge is -2.31. The molecule has 0 aliphatic rings. The van der Waals surface area contributed by atoms with E-state index in [1.54, 1.807) is 4.31 Å². The number of sulfonamides is 2. The van der Waals surface area contributed by atoms with Crippen LogP contribution in [0.1, 0.15) is 65.2 Å². The summed E-state index contributed by atoms with van der Waals surface area (Å²) in [6.07, 6.45) is 8.13. The van der Waals surface area contributed by atoms with Crippen LogP contribution in [0.4, 0.5) is 0 Å². The lowest BCUT2D eigenvalue weighted by molar-refractivity contribution is 0.279. The summed E-state index contributed by atoms with van der Waals surface area (Å²) < 4.78 is 53.5. The Bertz CT molecular complexity index is 1090. The molecule has 0 spiro atoms. The Labute approximate surface area is 192 Å². The standard InChI is InChI=1S/C22H36N4O4S2/c1-3-5-6-7-17-26(18(10-4-2)11-9-15-23)32(29,30)21-13-8-12-20-19(21)14-16-25-22(20)31(24,27)28/h8,12-14,16,18H,3-7,9-11,15,17,23H2,1-2H3,(H2,24,27,28). The molecule has 0 aliphatic heterocycles. The molecular weight excluding hydrogens is 448 g/mol. The first-order valence-electron chi connectivity index (χ1n) is 11.3. The van der Waals surface area contributed by atoms with E-state index in [9.17, 15) is 16.8 Å². The molecule has 1 heterocycles. The average molecular weight is 485 g/mol. The molecule has 0 saturated carbocycles. The van der Waals surface area contributed by atoms with E-state index in [0.717, 1.165) is 44.9 Å². The monoisotopic (exact) mass is 484 g/mol. The fourth-order valence-corrected chi connectivity index (χ4v) is 6.67. The van der Waals surface area contributed by atoms with Gasteiger partial charge in [0.05, 0.1) is 4.90 Å². The molecule has 4 N–H and O–H groups in total. The summed E-state index contributed by atoms with van der Waals surface area (Å²) in [7, 11) is -8.00. The van der Waals surface area contributed by atoms with Gasteiger partial charge in [-0.25, -0.2) is 27.0 Å². The fourth-order valence-electron chi connectivity index (χ4n) is 4.04. The highest BCUT2D eigenvalue weighted by Gasteiger charge is 2.32. The van der Waals surface area contributed by atoms with Crippen molar-refractivity contribution in [3.8, 4) is 0 Å². The second-order valence-electron chi connectivity index (χ2n) is 8.06. The topological polar surface area (TPSA) is 136 Å².